The molecule has 8 heteroatoms. The molecule has 3 aliphatic rings. The minimum Gasteiger partial charge on any atom is -0.507 e. The first-order valence-corrected chi connectivity index (χ1v) is 12.3. The van der Waals surface area contributed by atoms with Crippen LogP contribution in [0.2, 0.25) is 0 Å². The van der Waals surface area contributed by atoms with E-state index in [0.717, 1.165) is 24.8 Å². The third-order valence-electron chi connectivity index (χ3n) is 7.20. The van der Waals surface area contributed by atoms with Crippen molar-refractivity contribution in [3.63, 3.8) is 0 Å². The fourth-order valence-corrected chi connectivity index (χ4v) is 5.24. The first kappa shape index (κ1) is 23.4. The van der Waals surface area contributed by atoms with Gasteiger partial charge in [0.1, 0.15) is 17.4 Å². The van der Waals surface area contributed by atoms with Crippen molar-refractivity contribution < 1.29 is 14.2 Å². The van der Waals surface area contributed by atoms with E-state index in [1.807, 2.05) is 12.1 Å². The van der Waals surface area contributed by atoms with Gasteiger partial charge < -0.3 is 25.4 Å². The first-order chi connectivity index (χ1) is 17.0. The zero-order valence-corrected chi connectivity index (χ0v) is 20.1. The molecule has 0 spiro atoms. The number of piperidine rings is 1. The predicted molar refractivity (Wildman–Crippen MR) is 138 cm³/mol. The highest BCUT2D eigenvalue weighted by Gasteiger charge is 2.26. The number of halogens is 1. The van der Waals surface area contributed by atoms with Gasteiger partial charge in [-0.2, -0.15) is 0 Å². The molecule has 0 saturated carbocycles. The third-order valence-corrected chi connectivity index (χ3v) is 7.20. The van der Waals surface area contributed by atoms with Gasteiger partial charge in [0, 0.05) is 42.4 Å². The molecular formula is C27H32FN5O2. The summed E-state index contributed by atoms with van der Waals surface area (Å²) in [5.41, 5.74) is 8.80. The highest BCUT2D eigenvalue weighted by atomic mass is 19.1. The number of ether oxygens (including phenoxy) is 1. The molecule has 2 saturated heterocycles. The van der Waals surface area contributed by atoms with Crippen molar-refractivity contribution in [1.82, 2.24) is 4.90 Å². The molecule has 0 amide bonds. The molecule has 184 valence electrons. The number of amidine groups is 2. The zero-order valence-electron chi connectivity index (χ0n) is 20.1. The summed E-state index contributed by atoms with van der Waals surface area (Å²) < 4.78 is 19.0. The Balaban J connectivity index is 1.24. The highest BCUT2D eigenvalue weighted by molar-refractivity contribution is 6.17. The van der Waals surface area contributed by atoms with Crippen molar-refractivity contribution in [3.8, 4) is 5.75 Å². The van der Waals surface area contributed by atoms with E-state index in [0.29, 0.717) is 17.0 Å². The third kappa shape index (κ3) is 5.03. The van der Waals surface area contributed by atoms with Gasteiger partial charge in [-0.1, -0.05) is 0 Å². The van der Waals surface area contributed by atoms with E-state index in [2.05, 4.69) is 31.9 Å². The number of aliphatic hydroxyl groups is 1. The van der Waals surface area contributed by atoms with Crippen LogP contribution >= 0.6 is 0 Å². The number of likely N-dealkylation sites (tertiary alicyclic amines) is 1. The van der Waals surface area contributed by atoms with Crippen LogP contribution < -0.4 is 15.4 Å². The molecule has 3 aliphatic heterocycles. The molecule has 2 aromatic rings. The zero-order chi connectivity index (χ0) is 24.4. The number of anilines is 1. The van der Waals surface area contributed by atoms with Crippen LogP contribution in [0.4, 0.5) is 15.8 Å². The predicted octanol–water partition coefficient (Wildman–Crippen LogP) is 4.66. The largest absolute Gasteiger partial charge is 0.507 e. The normalized spacial score (nSPS) is 22.1. The minimum atomic E-state index is -0.556. The van der Waals surface area contributed by atoms with E-state index >= 15 is 0 Å². The monoisotopic (exact) mass is 477 g/mol. The van der Waals surface area contributed by atoms with E-state index in [9.17, 15) is 9.50 Å². The van der Waals surface area contributed by atoms with Crippen molar-refractivity contribution in [3.05, 3.63) is 59.4 Å². The highest BCUT2D eigenvalue weighted by Crippen LogP contribution is 2.29. The summed E-state index contributed by atoms with van der Waals surface area (Å²) >= 11 is 0. The molecule has 3 heterocycles. The molecule has 5 rings (SSSR count). The topological polar surface area (TPSA) is 86.7 Å². The smallest absolute Gasteiger partial charge is 0.165 e. The van der Waals surface area contributed by atoms with E-state index in [1.54, 1.807) is 6.07 Å². The van der Waals surface area contributed by atoms with Gasteiger partial charge in [-0.15, -0.1) is 0 Å². The maximum absolute atomic E-state index is 14.1. The van der Waals surface area contributed by atoms with Gasteiger partial charge in [-0.3, -0.25) is 0 Å². The summed E-state index contributed by atoms with van der Waals surface area (Å²) in [6.45, 7) is 4.68. The Morgan fingerprint density at radius 3 is 2.46 bits per heavy atom. The molecule has 0 aromatic heterocycles. The lowest BCUT2D eigenvalue weighted by Gasteiger charge is -2.37. The van der Waals surface area contributed by atoms with E-state index < -0.39 is 5.82 Å². The summed E-state index contributed by atoms with van der Waals surface area (Å²) in [5, 5.41) is 10.7. The minimum absolute atomic E-state index is 0.106. The maximum atomic E-state index is 14.1. The second-order valence-electron chi connectivity index (χ2n) is 9.36. The Labute approximate surface area is 205 Å². The number of nitrogens with zero attached hydrogens (tertiary/aromatic N) is 4. The van der Waals surface area contributed by atoms with Crippen LogP contribution in [0.5, 0.6) is 5.75 Å². The second-order valence-corrected chi connectivity index (χ2v) is 9.36. The molecule has 0 radical (unpaired) electrons. The Kier molecular flexibility index (Phi) is 6.72. The molecule has 0 aliphatic carbocycles. The van der Waals surface area contributed by atoms with Crippen molar-refractivity contribution in [2.24, 2.45) is 15.7 Å². The second kappa shape index (κ2) is 10.1. The maximum Gasteiger partial charge on any atom is 0.165 e. The Bertz CT molecular complexity index is 1160. The Hall–Kier alpha value is -3.39. The van der Waals surface area contributed by atoms with Crippen LogP contribution in [0.3, 0.4) is 0 Å². The van der Waals surface area contributed by atoms with E-state index in [-0.39, 0.29) is 23.8 Å². The molecule has 0 atom stereocenters. The first-order valence-electron chi connectivity index (χ1n) is 12.3. The molecule has 2 aromatic carbocycles. The van der Waals surface area contributed by atoms with Gasteiger partial charge in [0.15, 0.2) is 11.6 Å². The molecule has 2 fully saturated rings. The number of hydrogen-bond donors (Lipinski definition) is 2. The standard InChI is InChI=1S/C27H32FN5O2/c1-35-24-9-4-18(16-23(24)28)26(34)22-17-25(31-27(22)29)30-19-5-7-20(8-6-19)33-14-10-21(11-15-33)32-12-2-3-13-32/h4-9,16,21,34H,2-3,10-15,17H2,1H3,(H2,29,30,31). The van der Waals surface area contributed by atoms with Crippen LogP contribution in [0, 0.1) is 5.82 Å². The number of rotatable bonds is 5. The van der Waals surface area contributed by atoms with Crippen molar-refractivity contribution in [2.45, 2.75) is 38.1 Å². The summed E-state index contributed by atoms with van der Waals surface area (Å²) in [7, 11) is 1.39. The molecule has 35 heavy (non-hydrogen) atoms. The van der Waals surface area contributed by atoms with E-state index in [4.69, 9.17) is 10.5 Å². The number of hydrogen-bond acceptors (Lipinski definition) is 6. The lowest BCUT2D eigenvalue weighted by Crippen LogP contribution is -2.43. The van der Waals surface area contributed by atoms with Crippen LogP contribution in [0.1, 0.15) is 37.7 Å². The lowest BCUT2D eigenvalue weighted by atomic mass is 10.0. The number of aliphatic hydroxyl groups excluding tert-OH is 1. The average molecular weight is 478 g/mol. The molecule has 0 unspecified atom stereocenters. The van der Waals surface area contributed by atoms with Crippen LogP contribution in [-0.2, 0) is 0 Å². The van der Waals surface area contributed by atoms with Crippen LogP contribution in [-0.4, -0.2) is 61.0 Å². The van der Waals surface area contributed by atoms with Gasteiger partial charge >= 0.3 is 0 Å². The number of aliphatic imine (C=N–C) groups is 2. The fraction of sp³-hybridized carbons (Fsp3) is 0.407. The van der Waals surface area contributed by atoms with Crippen LogP contribution in [0.25, 0.3) is 5.76 Å². The summed E-state index contributed by atoms with van der Waals surface area (Å²) in [6.07, 6.45) is 5.40. The Morgan fingerprint density at radius 2 is 1.80 bits per heavy atom. The van der Waals surface area contributed by atoms with Crippen molar-refractivity contribution in [1.29, 1.82) is 0 Å². The fourth-order valence-electron chi connectivity index (χ4n) is 5.24. The molecule has 3 N–H and O–H groups in total. The van der Waals surface area contributed by atoms with Gasteiger partial charge in [-0.05, 0) is 81.2 Å². The Morgan fingerprint density at radius 1 is 1.09 bits per heavy atom. The van der Waals surface area contributed by atoms with Crippen LogP contribution in [0.15, 0.2) is 58.0 Å². The van der Waals surface area contributed by atoms with Crippen molar-refractivity contribution >= 4 is 28.8 Å². The number of nitrogens with two attached hydrogens (primary N) is 1. The van der Waals surface area contributed by atoms with Gasteiger partial charge in [0.25, 0.3) is 0 Å². The summed E-state index contributed by atoms with van der Waals surface area (Å²) in [4.78, 5) is 14.0. The molecule has 7 nitrogen and oxygen atoms in total. The SMILES string of the molecule is COc1ccc(C(O)=C2CC(=Nc3ccc(N4CCC(N5CCCC5)CC4)cc3)N=C2N)cc1F. The average Bonchev–Trinajstić information content (AvgIpc) is 3.54. The molecular weight excluding hydrogens is 445 g/mol. The molecule has 0 bridgehead atoms. The van der Waals surface area contributed by atoms with E-state index in [1.165, 1.54) is 63.7 Å². The quantitative estimate of drug-likeness (QED) is 0.612. The summed E-state index contributed by atoms with van der Waals surface area (Å²) in [5.74, 6) is 0.152. The van der Waals surface area contributed by atoms with Gasteiger partial charge in [-0.25, -0.2) is 14.4 Å². The van der Waals surface area contributed by atoms with Crippen molar-refractivity contribution in [2.75, 3.05) is 38.2 Å². The number of methoxy groups -OCH3 is 1. The van der Waals surface area contributed by atoms with Gasteiger partial charge in [0.05, 0.1) is 12.8 Å². The summed E-state index contributed by atoms with van der Waals surface area (Å²) in [6, 6.07) is 13.2. The number of benzene rings is 2. The van der Waals surface area contributed by atoms with Gasteiger partial charge in [0.2, 0.25) is 0 Å². The lowest BCUT2D eigenvalue weighted by molar-refractivity contribution is 0.208.